The summed E-state index contributed by atoms with van der Waals surface area (Å²) >= 11 is 0. The number of nitrogens with zero attached hydrogens (tertiary/aromatic N) is 1. The predicted octanol–water partition coefficient (Wildman–Crippen LogP) is 0.599. The van der Waals surface area contributed by atoms with E-state index in [-0.39, 0.29) is 5.75 Å². The third-order valence-electron chi connectivity index (χ3n) is 3.67. The average Bonchev–Trinajstić information content (AvgIpc) is 2.21. The van der Waals surface area contributed by atoms with Crippen LogP contribution in [0.25, 0.3) is 0 Å². The Hall–Kier alpha value is -0.130. The summed E-state index contributed by atoms with van der Waals surface area (Å²) in [6, 6.07) is 0. The zero-order valence-electron chi connectivity index (χ0n) is 11.3. The third kappa shape index (κ3) is 6.38. The van der Waals surface area contributed by atoms with Crippen molar-refractivity contribution in [3.63, 3.8) is 0 Å². The highest BCUT2D eigenvalue weighted by Crippen LogP contribution is 2.21. The second kappa shape index (κ2) is 6.71. The van der Waals surface area contributed by atoms with Crippen LogP contribution >= 0.6 is 0 Å². The van der Waals surface area contributed by atoms with Gasteiger partial charge in [-0.15, -0.1) is 0 Å². The van der Waals surface area contributed by atoms with Crippen LogP contribution in [0.3, 0.4) is 0 Å². The van der Waals surface area contributed by atoms with E-state index in [2.05, 4.69) is 24.1 Å². The highest BCUT2D eigenvalue weighted by molar-refractivity contribution is 7.90. The minimum atomic E-state index is -2.82. The van der Waals surface area contributed by atoms with Gasteiger partial charge in [0.2, 0.25) is 0 Å². The zero-order chi connectivity index (χ0) is 12.9. The first-order valence-corrected chi connectivity index (χ1v) is 8.55. The third-order valence-corrected chi connectivity index (χ3v) is 4.62. The van der Waals surface area contributed by atoms with Gasteiger partial charge in [-0.3, -0.25) is 0 Å². The van der Waals surface area contributed by atoms with E-state index in [1.807, 2.05) is 0 Å². The average molecular weight is 262 g/mol. The summed E-state index contributed by atoms with van der Waals surface area (Å²) < 4.78 is 21.8. The molecule has 1 rings (SSSR count). The van der Waals surface area contributed by atoms with Gasteiger partial charge in [0, 0.05) is 32.4 Å². The lowest BCUT2D eigenvalue weighted by atomic mass is 9.89. The van der Waals surface area contributed by atoms with Gasteiger partial charge in [-0.25, -0.2) is 8.42 Å². The van der Waals surface area contributed by atoms with Crippen molar-refractivity contribution < 1.29 is 8.42 Å². The van der Waals surface area contributed by atoms with Crippen LogP contribution in [-0.2, 0) is 9.84 Å². The van der Waals surface area contributed by atoms with Crippen molar-refractivity contribution in [1.29, 1.82) is 0 Å². The second-order valence-electron chi connectivity index (χ2n) is 5.42. The van der Waals surface area contributed by atoms with Crippen LogP contribution in [0.1, 0.15) is 20.3 Å². The quantitative estimate of drug-likeness (QED) is 0.712. The molecule has 1 N–H and O–H groups in total. The van der Waals surface area contributed by atoms with E-state index in [1.54, 1.807) is 0 Å². The molecule has 0 aromatic carbocycles. The van der Waals surface area contributed by atoms with Crippen LogP contribution < -0.4 is 5.32 Å². The highest BCUT2D eigenvalue weighted by Gasteiger charge is 2.21. The molecule has 0 aromatic rings. The topological polar surface area (TPSA) is 49.4 Å². The molecule has 0 radical (unpaired) electrons. The molecule has 0 spiro atoms. The second-order valence-corrected chi connectivity index (χ2v) is 7.68. The summed E-state index contributed by atoms with van der Waals surface area (Å²) in [6.45, 7) is 9.48. The molecule has 17 heavy (non-hydrogen) atoms. The van der Waals surface area contributed by atoms with Gasteiger partial charge in [-0.05, 0) is 24.8 Å². The van der Waals surface area contributed by atoms with Crippen LogP contribution in [0.5, 0.6) is 0 Å². The standard InChI is InChI=1S/C12H26N2O2S/c1-11-4-7-14(10-12(11)2)8-5-13-6-9-17(3,15)16/h11-13H,4-10H2,1-3H3. The maximum atomic E-state index is 10.9. The maximum absolute atomic E-state index is 10.9. The van der Waals surface area contributed by atoms with Crippen molar-refractivity contribution in [2.45, 2.75) is 20.3 Å². The van der Waals surface area contributed by atoms with Crippen LogP contribution in [-0.4, -0.2) is 58.1 Å². The molecular formula is C12H26N2O2S. The summed E-state index contributed by atoms with van der Waals surface area (Å²) in [5.74, 6) is 1.85. The number of hydrogen-bond acceptors (Lipinski definition) is 4. The molecule has 0 saturated carbocycles. The van der Waals surface area contributed by atoms with E-state index in [4.69, 9.17) is 0 Å². The molecule has 1 heterocycles. The van der Waals surface area contributed by atoms with E-state index in [9.17, 15) is 8.42 Å². The first-order chi connectivity index (χ1) is 7.88. The van der Waals surface area contributed by atoms with Crippen LogP contribution in [0.15, 0.2) is 0 Å². The number of nitrogens with one attached hydrogen (secondary N) is 1. The monoisotopic (exact) mass is 262 g/mol. The van der Waals surface area contributed by atoms with Gasteiger partial charge in [0.15, 0.2) is 0 Å². The van der Waals surface area contributed by atoms with Gasteiger partial charge in [0.25, 0.3) is 0 Å². The molecule has 0 amide bonds. The Bertz CT molecular complexity index is 316. The number of rotatable bonds is 6. The van der Waals surface area contributed by atoms with Crippen molar-refractivity contribution in [3.05, 3.63) is 0 Å². The molecule has 0 aliphatic carbocycles. The summed E-state index contributed by atoms with van der Waals surface area (Å²) in [7, 11) is -2.82. The van der Waals surface area contributed by atoms with Gasteiger partial charge in [-0.1, -0.05) is 13.8 Å². The van der Waals surface area contributed by atoms with E-state index in [1.165, 1.54) is 25.8 Å². The van der Waals surface area contributed by atoms with E-state index in [0.717, 1.165) is 24.9 Å². The molecule has 1 saturated heterocycles. The smallest absolute Gasteiger partial charge is 0.148 e. The Morgan fingerprint density at radius 2 is 1.94 bits per heavy atom. The first-order valence-electron chi connectivity index (χ1n) is 6.49. The molecule has 1 aliphatic rings. The lowest BCUT2D eigenvalue weighted by Gasteiger charge is -2.35. The van der Waals surface area contributed by atoms with Crippen molar-refractivity contribution in [2.24, 2.45) is 11.8 Å². The van der Waals surface area contributed by atoms with Gasteiger partial charge >= 0.3 is 0 Å². The molecule has 1 fully saturated rings. The molecule has 0 aromatic heterocycles. The van der Waals surface area contributed by atoms with Crippen molar-refractivity contribution in [1.82, 2.24) is 10.2 Å². The minimum absolute atomic E-state index is 0.237. The Balaban J connectivity index is 2.07. The molecule has 102 valence electrons. The number of sulfone groups is 1. The molecule has 4 nitrogen and oxygen atoms in total. The largest absolute Gasteiger partial charge is 0.314 e. The first kappa shape index (κ1) is 14.9. The fraction of sp³-hybridized carbons (Fsp3) is 1.00. The Kier molecular flexibility index (Phi) is 5.89. The molecular weight excluding hydrogens is 236 g/mol. The normalized spacial score (nSPS) is 27.2. The van der Waals surface area contributed by atoms with Crippen LogP contribution in [0, 0.1) is 11.8 Å². The molecule has 2 unspecified atom stereocenters. The fourth-order valence-electron chi connectivity index (χ4n) is 2.17. The van der Waals surface area contributed by atoms with E-state index in [0.29, 0.717) is 6.54 Å². The van der Waals surface area contributed by atoms with E-state index >= 15 is 0 Å². The van der Waals surface area contributed by atoms with Gasteiger partial charge < -0.3 is 10.2 Å². The maximum Gasteiger partial charge on any atom is 0.148 e. The van der Waals surface area contributed by atoms with Crippen molar-refractivity contribution in [2.75, 3.05) is 44.7 Å². The Morgan fingerprint density at radius 3 is 2.53 bits per heavy atom. The van der Waals surface area contributed by atoms with Gasteiger partial charge in [0.05, 0.1) is 5.75 Å². The number of hydrogen-bond donors (Lipinski definition) is 1. The summed E-state index contributed by atoms with van der Waals surface area (Å²) in [5, 5.41) is 3.19. The minimum Gasteiger partial charge on any atom is -0.314 e. The molecule has 0 bridgehead atoms. The van der Waals surface area contributed by atoms with Gasteiger partial charge in [0.1, 0.15) is 9.84 Å². The summed E-state index contributed by atoms with van der Waals surface area (Å²) in [6.07, 6.45) is 2.56. The highest BCUT2D eigenvalue weighted by atomic mass is 32.2. The Morgan fingerprint density at radius 1 is 1.24 bits per heavy atom. The molecule has 2 atom stereocenters. The van der Waals surface area contributed by atoms with Crippen molar-refractivity contribution >= 4 is 9.84 Å². The zero-order valence-corrected chi connectivity index (χ0v) is 12.1. The summed E-state index contributed by atoms with van der Waals surface area (Å²) in [4.78, 5) is 2.47. The predicted molar refractivity (Wildman–Crippen MR) is 72.0 cm³/mol. The van der Waals surface area contributed by atoms with Crippen LogP contribution in [0.2, 0.25) is 0 Å². The SMILES string of the molecule is CC1CCN(CCNCCS(C)(=O)=O)CC1C. The number of piperidine rings is 1. The fourth-order valence-corrected chi connectivity index (χ4v) is 2.69. The Labute approximate surface area is 106 Å². The van der Waals surface area contributed by atoms with Crippen molar-refractivity contribution in [3.8, 4) is 0 Å². The van der Waals surface area contributed by atoms with E-state index < -0.39 is 9.84 Å². The lowest BCUT2D eigenvalue weighted by Crippen LogP contribution is -2.42. The lowest BCUT2D eigenvalue weighted by molar-refractivity contribution is 0.139. The number of likely N-dealkylation sites (tertiary alicyclic amines) is 1. The van der Waals surface area contributed by atoms with Gasteiger partial charge in [-0.2, -0.15) is 0 Å². The van der Waals surface area contributed by atoms with Crippen LogP contribution in [0.4, 0.5) is 0 Å². The molecule has 1 aliphatic heterocycles. The summed E-state index contributed by atoms with van der Waals surface area (Å²) in [5.41, 5.74) is 0. The molecule has 5 heteroatoms.